The summed E-state index contributed by atoms with van der Waals surface area (Å²) in [7, 11) is 0. The van der Waals surface area contributed by atoms with Crippen molar-refractivity contribution in [2.24, 2.45) is 9.98 Å². The van der Waals surface area contributed by atoms with Gasteiger partial charge in [-0.25, -0.2) is 9.98 Å². The summed E-state index contributed by atoms with van der Waals surface area (Å²) in [6, 6.07) is 51.1. The number of benzene rings is 6. The number of rotatable bonds is 18. The second-order valence-corrected chi connectivity index (χ2v) is 12.2. The van der Waals surface area contributed by atoms with Gasteiger partial charge in [0.1, 0.15) is 34.4 Å². The first-order chi connectivity index (χ1) is 28.6. The molecule has 6 rings (SSSR count). The quantitative estimate of drug-likeness (QED) is 0.0637. The molecule has 0 radical (unpaired) electrons. The van der Waals surface area contributed by atoms with E-state index >= 15 is 0 Å². The minimum atomic E-state index is 0. The van der Waals surface area contributed by atoms with Gasteiger partial charge in [0.15, 0.2) is 0 Å². The largest absolute Gasteiger partial charge is 2.00 e. The molecule has 0 fully saturated rings. The molecule has 0 aliphatic heterocycles. The van der Waals surface area contributed by atoms with E-state index in [4.69, 9.17) is 28.9 Å². The van der Waals surface area contributed by atoms with Crippen molar-refractivity contribution in [3.05, 3.63) is 204 Å². The van der Waals surface area contributed by atoms with Crippen molar-refractivity contribution >= 4 is 34.2 Å². The molecule has 0 aliphatic carbocycles. The molecule has 0 N–H and O–H groups in total. The van der Waals surface area contributed by atoms with Gasteiger partial charge in [-0.15, -0.1) is 0 Å². The Kier molecular flexibility index (Phi) is 19.6. The van der Waals surface area contributed by atoms with Crippen LogP contribution in [0, 0.1) is 0 Å². The molecule has 0 unspecified atom stereocenters. The van der Waals surface area contributed by atoms with Crippen LogP contribution in [0.4, 0.5) is 22.7 Å². The second kappa shape index (κ2) is 25.6. The van der Waals surface area contributed by atoms with Crippen LogP contribution in [-0.2, 0) is 16.5 Å². The fourth-order valence-electron chi connectivity index (χ4n) is 5.59. The van der Waals surface area contributed by atoms with Crippen LogP contribution in [0.3, 0.4) is 0 Å². The summed E-state index contributed by atoms with van der Waals surface area (Å²) in [5.41, 5.74) is 6.75. The molecule has 0 bridgehead atoms. The SMILES string of the molecule is CCOc1ccccc1N=C(/C=C\[N-]c1ccccc1OCC)c1ccccc1.CCOc1ccccc1N=C(/C=C\[N-]c1ccccc1OCC)c1ccccc1.[Ni+2]. The molecular weight excluding hydrogens is 779 g/mol. The van der Waals surface area contributed by atoms with Gasteiger partial charge in [0.25, 0.3) is 0 Å². The number of nitrogens with zero attached hydrogens (tertiary/aromatic N) is 4. The van der Waals surface area contributed by atoms with Crippen molar-refractivity contribution in [3.8, 4) is 23.0 Å². The number of ether oxygens (including phenoxy) is 4. The molecule has 0 spiro atoms. The van der Waals surface area contributed by atoms with Crippen molar-refractivity contribution in [2.75, 3.05) is 26.4 Å². The van der Waals surface area contributed by atoms with Crippen LogP contribution < -0.4 is 18.9 Å². The Morgan fingerprint density at radius 1 is 0.407 bits per heavy atom. The molecule has 0 atom stereocenters. The summed E-state index contributed by atoms with van der Waals surface area (Å²) >= 11 is 0. The Balaban J connectivity index is 0.000000256. The Morgan fingerprint density at radius 2 is 0.712 bits per heavy atom. The topological polar surface area (TPSA) is 89.8 Å². The van der Waals surface area contributed by atoms with Crippen molar-refractivity contribution in [1.29, 1.82) is 0 Å². The number of hydrogen-bond acceptors (Lipinski definition) is 6. The van der Waals surface area contributed by atoms with Crippen LogP contribution in [0.25, 0.3) is 10.6 Å². The zero-order valence-corrected chi connectivity index (χ0v) is 34.9. The average Bonchev–Trinajstić information content (AvgIpc) is 3.26. The van der Waals surface area contributed by atoms with Crippen molar-refractivity contribution in [2.45, 2.75) is 27.7 Å². The minimum absolute atomic E-state index is 0. The molecule has 0 aromatic heterocycles. The third kappa shape index (κ3) is 14.4. The Morgan fingerprint density at radius 3 is 1.08 bits per heavy atom. The molecule has 8 nitrogen and oxygen atoms in total. The first-order valence-electron chi connectivity index (χ1n) is 19.5. The van der Waals surface area contributed by atoms with Crippen molar-refractivity contribution < 1.29 is 35.4 Å². The number of para-hydroxylation sites is 8. The van der Waals surface area contributed by atoms with E-state index in [0.29, 0.717) is 26.4 Å². The van der Waals surface area contributed by atoms with Gasteiger partial charge >= 0.3 is 16.5 Å². The predicted octanol–water partition coefficient (Wildman–Crippen LogP) is 13.6. The molecule has 6 aromatic rings. The van der Waals surface area contributed by atoms with E-state index in [0.717, 1.165) is 68.3 Å². The summed E-state index contributed by atoms with van der Waals surface area (Å²) in [4.78, 5) is 9.70. The van der Waals surface area contributed by atoms with E-state index in [1.165, 1.54) is 0 Å². The first kappa shape index (κ1) is 45.1. The maximum absolute atomic E-state index is 5.72. The second-order valence-electron chi connectivity index (χ2n) is 12.2. The molecule has 59 heavy (non-hydrogen) atoms. The number of aliphatic imine (C=N–C) groups is 2. The van der Waals surface area contributed by atoms with Gasteiger partial charge in [0.05, 0.1) is 37.9 Å². The Bertz CT molecular complexity index is 2100. The number of allylic oxidation sites excluding steroid dienone is 2. The van der Waals surface area contributed by atoms with Crippen LogP contribution in [0.1, 0.15) is 38.8 Å². The average molecular weight is 830 g/mol. The van der Waals surface area contributed by atoms with E-state index in [1.807, 2.05) is 198 Å². The van der Waals surface area contributed by atoms with E-state index in [2.05, 4.69) is 10.6 Å². The van der Waals surface area contributed by atoms with E-state index in [9.17, 15) is 0 Å². The Hall–Kier alpha value is -6.57. The van der Waals surface area contributed by atoms with Gasteiger partial charge in [-0.3, -0.25) is 0 Å². The normalized spacial score (nSPS) is 11.3. The zero-order chi connectivity index (χ0) is 40.6. The summed E-state index contributed by atoms with van der Waals surface area (Å²) in [5, 5.41) is 9.15. The van der Waals surface area contributed by atoms with Gasteiger partial charge in [0, 0.05) is 11.1 Å². The fourth-order valence-corrected chi connectivity index (χ4v) is 5.59. The van der Waals surface area contributed by atoms with Gasteiger partial charge < -0.3 is 29.6 Å². The molecule has 6 aromatic carbocycles. The van der Waals surface area contributed by atoms with Crippen LogP contribution in [0.2, 0.25) is 0 Å². The summed E-state index contributed by atoms with van der Waals surface area (Å²) in [6.07, 6.45) is 7.32. The first-order valence-corrected chi connectivity index (χ1v) is 19.5. The molecule has 0 amide bonds. The molecule has 0 aliphatic rings. The fraction of sp³-hybridized carbons (Fsp3) is 0.160. The van der Waals surface area contributed by atoms with Gasteiger partial charge in [0.2, 0.25) is 0 Å². The molecule has 0 heterocycles. The van der Waals surface area contributed by atoms with E-state index < -0.39 is 0 Å². The monoisotopic (exact) mass is 828 g/mol. The maximum atomic E-state index is 5.72. The van der Waals surface area contributed by atoms with Gasteiger partial charge in [-0.05, 0) is 64.1 Å². The Labute approximate surface area is 359 Å². The third-order valence-electron chi connectivity index (χ3n) is 8.17. The molecular formula is C50H50N4NiO4. The smallest absolute Gasteiger partial charge is 0.661 e. The third-order valence-corrected chi connectivity index (χ3v) is 8.17. The molecule has 9 heteroatoms. The van der Waals surface area contributed by atoms with E-state index in [1.54, 1.807) is 12.4 Å². The standard InChI is InChI=1S/2C25H25N2O2.Ni/c2*1-3-28-24-16-10-8-14-22(24)26-19-18-21(20-12-6-5-7-13-20)27-23-15-9-11-17-25(23)29-4-2;/h2*5-19H,3-4H2,1-2H3;/q2*-1;+2/b2*19-18-,27-21?;. The van der Waals surface area contributed by atoms with Crippen molar-refractivity contribution in [1.82, 2.24) is 0 Å². The number of hydrogen-bond donors (Lipinski definition) is 0. The molecule has 0 saturated carbocycles. The van der Waals surface area contributed by atoms with E-state index in [-0.39, 0.29) is 16.5 Å². The van der Waals surface area contributed by atoms with Crippen LogP contribution in [0.5, 0.6) is 23.0 Å². The van der Waals surface area contributed by atoms with Gasteiger partial charge in [-0.2, -0.15) is 12.4 Å². The van der Waals surface area contributed by atoms with Crippen LogP contribution in [0.15, 0.2) is 192 Å². The molecule has 0 saturated heterocycles. The predicted molar refractivity (Wildman–Crippen MR) is 240 cm³/mol. The van der Waals surface area contributed by atoms with Crippen molar-refractivity contribution in [3.63, 3.8) is 0 Å². The van der Waals surface area contributed by atoms with Crippen LogP contribution >= 0.6 is 0 Å². The minimum Gasteiger partial charge on any atom is -0.661 e. The van der Waals surface area contributed by atoms with Crippen LogP contribution in [-0.4, -0.2) is 37.9 Å². The molecule has 304 valence electrons. The maximum Gasteiger partial charge on any atom is 2.00 e. The summed E-state index contributed by atoms with van der Waals surface area (Å²) in [5.74, 6) is 3.05. The van der Waals surface area contributed by atoms with Gasteiger partial charge in [-0.1, -0.05) is 145 Å². The summed E-state index contributed by atoms with van der Waals surface area (Å²) in [6.45, 7) is 10.2. The summed E-state index contributed by atoms with van der Waals surface area (Å²) < 4.78 is 22.7. The zero-order valence-electron chi connectivity index (χ0n) is 33.9.